The Morgan fingerprint density at radius 2 is 2.20 bits per heavy atom. The molecule has 1 aromatic heterocycles. The molecular weight excluding hydrogens is 238 g/mol. The van der Waals surface area contributed by atoms with E-state index in [1.165, 1.54) is 0 Å². The van der Waals surface area contributed by atoms with E-state index in [4.69, 9.17) is 11.6 Å². The molecule has 0 aliphatic heterocycles. The molecule has 15 heavy (non-hydrogen) atoms. The van der Waals surface area contributed by atoms with Crippen LogP contribution in [0.15, 0.2) is 18.2 Å². The van der Waals surface area contributed by atoms with E-state index < -0.39 is 10.0 Å². The van der Waals surface area contributed by atoms with E-state index in [9.17, 15) is 8.42 Å². The number of anilines is 1. The topological polar surface area (TPSA) is 74.8 Å². The highest BCUT2D eigenvalue weighted by molar-refractivity contribution is 7.92. The quantitative estimate of drug-likeness (QED) is 0.844. The minimum atomic E-state index is -3.33. The molecule has 0 unspecified atom stereocenters. The van der Waals surface area contributed by atoms with Gasteiger partial charge in [0.1, 0.15) is 0 Å². The Balaban J connectivity index is 2.60. The number of nitrogens with one attached hydrogen (secondary N) is 2. The predicted molar refractivity (Wildman–Crippen MR) is 59.6 cm³/mol. The Kier molecular flexibility index (Phi) is 2.32. The van der Waals surface area contributed by atoms with Gasteiger partial charge in [0, 0.05) is 5.39 Å². The zero-order chi connectivity index (χ0) is 11.1. The molecule has 0 atom stereocenters. The molecule has 7 heteroatoms. The summed E-state index contributed by atoms with van der Waals surface area (Å²) in [6, 6.07) is 5.16. The number of hydrogen-bond donors (Lipinski definition) is 2. The minimum absolute atomic E-state index is 0.259. The number of para-hydroxylation sites is 1. The molecule has 0 fully saturated rings. The average Bonchev–Trinajstić information content (AvgIpc) is 2.48. The van der Waals surface area contributed by atoms with Gasteiger partial charge in [-0.05, 0) is 12.1 Å². The van der Waals surface area contributed by atoms with Crippen LogP contribution in [0.25, 0.3) is 10.9 Å². The lowest BCUT2D eigenvalue weighted by Gasteiger charge is -1.99. The van der Waals surface area contributed by atoms with Crippen molar-refractivity contribution in [3.63, 3.8) is 0 Å². The molecule has 5 nitrogen and oxygen atoms in total. The van der Waals surface area contributed by atoms with Crippen LogP contribution in [-0.2, 0) is 10.0 Å². The van der Waals surface area contributed by atoms with Crippen LogP contribution in [0.3, 0.4) is 0 Å². The maximum absolute atomic E-state index is 11.0. The van der Waals surface area contributed by atoms with E-state index in [2.05, 4.69) is 14.9 Å². The number of rotatable bonds is 2. The van der Waals surface area contributed by atoms with Crippen molar-refractivity contribution < 1.29 is 8.42 Å². The summed E-state index contributed by atoms with van der Waals surface area (Å²) < 4.78 is 24.4. The fourth-order valence-corrected chi connectivity index (χ4v) is 1.98. The van der Waals surface area contributed by atoms with Crippen molar-refractivity contribution in [1.82, 2.24) is 10.2 Å². The predicted octanol–water partition coefficient (Wildman–Crippen LogP) is 1.59. The van der Waals surface area contributed by atoms with Gasteiger partial charge in [0.25, 0.3) is 0 Å². The van der Waals surface area contributed by atoms with Gasteiger partial charge < -0.3 is 0 Å². The first-order valence-corrected chi connectivity index (χ1v) is 6.35. The second-order valence-electron chi connectivity index (χ2n) is 3.11. The Bertz CT molecular complexity index is 605. The molecular formula is C8H8ClN3O2S. The fourth-order valence-electron chi connectivity index (χ4n) is 1.26. The van der Waals surface area contributed by atoms with Crippen molar-refractivity contribution in [1.29, 1.82) is 0 Å². The lowest BCUT2D eigenvalue weighted by atomic mass is 10.2. The number of hydrogen-bond acceptors (Lipinski definition) is 3. The van der Waals surface area contributed by atoms with Gasteiger partial charge in [0.2, 0.25) is 10.0 Å². The van der Waals surface area contributed by atoms with Crippen LogP contribution in [0.1, 0.15) is 0 Å². The van der Waals surface area contributed by atoms with Crippen LogP contribution in [0, 0.1) is 0 Å². The number of aromatic amines is 1. The molecule has 0 aliphatic carbocycles. The van der Waals surface area contributed by atoms with E-state index in [0.717, 1.165) is 6.26 Å². The third-order valence-corrected chi connectivity index (χ3v) is 2.71. The van der Waals surface area contributed by atoms with Crippen molar-refractivity contribution in [2.45, 2.75) is 0 Å². The Labute approximate surface area is 91.5 Å². The molecule has 0 saturated carbocycles. The van der Waals surface area contributed by atoms with Crippen molar-refractivity contribution in [3.8, 4) is 0 Å². The second-order valence-corrected chi connectivity index (χ2v) is 5.26. The van der Waals surface area contributed by atoms with E-state index in [0.29, 0.717) is 15.9 Å². The minimum Gasteiger partial charge on any atom is -0.274 e. The maximum atomic E-state index is 11.0. The van der Waals surface area contributed by atoms with Gasteiger partial charge in [-0.2, -0.15) is 5.10 Å². The van der Waals surface area contributed by atoms with Gasteiger partial charge >= 0.3 is 0 Å². The smallest absolute Gasteiger partial charge is 0.231 e. The number of benzene rings is 1. The first kappa shape index (κ1) is 10.3. The first-order chi connectivity index (χ1) is 6.97. The largest absolute Gasteiger partial charge is 0.274 e. The van der Waals surface area contributed by atoms with Crippen LogP contribution in [0.2, 0.25) is 5.02 Å². The number of fused-ring (bicyclic) bond motifs is 1. The molecule has 0 amide bonds. The summed E-state index contributed by atoms with van der Waals surface area (Å²) in [5, 5.41) is 7.66. The first-order valence-electron chi connectivity index (χ1n) is 4.08. The Hall–Kier alpha value is -1.27. The standard InChI is InChI=1S/C8H8ClN3O2S/c1-15(13,14)12-8-5-3-2-4-6(9)7(5)10-11-8/h2-4H,1H3,(H2,10,11,12). The van der Waals surface area contributed by atoms with Crippen LogP contribution < -0.4 is 4.72 Å². The monoisotopic (exact) mass is 245 g/mol. The molecule has 2 N–H and O–H groups in total. The normalized spacial score (nSPS) is 11.9. The molecule has 80 valence electrons. The molecule has 0 aliphatic rings. The van der Waals surface area contributed by atoms with Gasteiger partial charge in [-0.1, -0.05) is 17.7 Å². The van der Waals surface area contributed by atoms with Gasteiger partial charge in [-0.3, -0.25) is 9.82 Å². The SMILES string of the molecule is CS(=O)(=O)Nc1n[nH]c2c(Cl)cccc12. The highest BCUT2D eigenvalue weighted by Crippen LogP contribution is 2.26. The van der Waals surface area contributed by atoms with Crippen molar-refractivity contribution in [2.24, 2.45) is 0 Å². The third kappa shape index (κ3) is 2.05. The van der Waals surface area contributed by atoms with E-state index in [-0.39, 0.29) is 5.82 Å². The number of aromatic nitrogens is 2. The summed E-state index contributed by atoms with van der Waals surface area (Å²) in [5.41, 5.74) is 0.616. The summed E-state index contributed by atoms with van der Waals surface area (Å²) in [7, 11) is -3.33. The summed E-state index contributed by atoms with van der Waals surface area (Å²) in [6.45, 7) is 0. The van der Waals surface area contributed by atoms with Gasteiger partial charge in [0.05, 0.1) is 16.8 Å². The Morgan fingerprint density at radius 3 is 2.87 bits per heavy atom. The number of sulfonamides is 1. The maximum Gasteiger partial charge on any atom is 0.231 e. The highest BCUT2D eigenvalue weighted by atomic mass is 35.5. The van der Waals surface area contributed by atoms with Crippen LogP contribution in [0.4, 0.5) is 5.82 Å². The van der Waals surface area contributed by atoms with Crippen molar-refractivity contribution in [3.05, 3.63) is 23.2 Å². The van der Waals surface area contributed by atoms with E-state index in [1.807, 2.05) is 0 Å². The lowest BCUT2D eigenvalue weighted by molar-refractivity contribution is 0.606. The summed E-state index contributed by atoms with van der Waals surface area (Å²) in [5.74, 6) is 0.259. The molecule has 1 heterocycles. The molecule has 0 radical (unpaired) electrons. The average molecular weight is 246 g/mol. The molecule has 0 saturated heterocycles. The van der Waals surface area contributed by atoms with Crippen molar-refractivity contribution >= 4 is 38.3 Å². The zero-order valence-corrected chi connectivity index (χ0v) is 9.35. The van der Waals surface area contributed by atoms with E-state index >= 15 is 0 Å². The summed E-state index contributed by atoms with van der Waals surface area (Å²) in [6.07, 6.45) is 1.07. The zero-order valence-electron chi connectivity index (χ0n) is 7.78. The fraction of sp³-hybridized carbons (Fsp3) is 0.125. The van der Waals surface area contributed by atoms with Crippen molar-refractivity contribution in [2.75, 3.05) is 11.0 Å². The molecule has 2 rings (SSSR count). The Morgan fingerprint density at radius 1 is 1.47 bits per heavy atom. The lowest BCUT2D eigenvalue weighted by Crippen LogP contribution is -2.09. The second kappa shape index (κ2) is 3.39. The van der Waals surface area contributed by atoms with Crippen LogP contribution >= 0.6 is 11.6 Å². The van der Waals surface area contributed by atoms with Gasteiger partial charge in [0.15, 0.2) is 5.82 Å². The van der Waals surface area contributed by atoms with E-state index in [1.54, 1.807) is 18.2 Å². The molecule has 1 aromatic carbocycles. The highest BCUT2D eigenvalue weighted by Gasteiger charge is 2.10. The molecule has 2 aromatic rings. The third-order valence-electron chi connectivity index (χ3n) is 1.83. The van der Waals surface area contributed by atoms with Crippen LogP contribution in [0.5, 0.6) is 0 Å². The molecule has 0 spiro atoms. The number of H-pyrrole nitrogens is 1. The molecule has 0 bridgehead atoms. The van der Waals surface area contributed by atoms with Gasteiger partial charge in [-0.25, -0.2) is 8.42 Å². The van der Waals surface area contributed by atoms with Crippen LogP contribution in [-0.4, -0.2) is 24.9 Å². The summed E-state index contributed by atoms with van der Waals surface area (Å²) >= 11 is 5.89. The number of halogens is 1. The van der Waals surface area contributed by atoms with Gasteiger partial charge in [-0.15, -0.1) is 0 Å². The number of nitrogens with zero attached hydrogens (tertiary/aromatic N) is 1. The summed E-state index contributed by atoms with van der Waals surface area (Å²) in [4.78, 5) is 0.